The van der Waals surface area contributed by atoms with E-state index in [4.69, 9.17) is 19.8 Å². The summed E-state index contributed by atoms with van der Waals surface area (Å²) in [5.41, 5.74) is 6.10. The van der Waals surface area contributed by atoms with Gasteiger partial charge in [-0.25, -0.2) is 4.18 Å². The van der Waals surface area contributed by atoms with Gasteiger partial charge in [-0.15, -0.1) is 0 Å². The van der Waals surface area contributed by atoms with E-state index in [1.54, 1.807) is 31.2 Å². The SMILES string of the molecule is CCOCC(COc1cccc(N)c1)OS(=O)(=O)O. The van der Waals surface area contributed by atoms with Gasteiger partial charge in [-0.3, -0.25) is 4.55 Å². The maximum absolute atomic E-state index is 10.7. The molecule has 0 saturated heterocycles. The highest BCUT2D eigenvalue weighted by Crippen LogP contribution is 2.15. The second-order valence-corrected chi connectivity index (χ2v) is 4.74. The largest absolute Gasteiger partial charge is 0.491 e. The number of nitrogens with two attached hydrogens (primary N) is 1. The van der Waals surface area contributed by atoms with E-state index < -0.39 is 16.5 Å². The van der Waals surface area contributed by atoms with Gasteiger partial charge in [-0.05, 0) is 19.1 Å². The van der Waals surface area contributed by atoms with Crippen LogP contribution >= 0.6 is 0 Å². The lowest BCUT2D eigenvalue weighted by Gasteiger charge is -2.16. The average Bonchev–Trinajstić information content (AvgIpc) is 2.31. The van der Waals surface area contributed by atoms with E-state index in [0.29, 0.717) is 18.0 Å². The monoisotopic (exact) mass is 291 g/mol. The highest BCUT2D eigenvalue weighted by Gasteiger charge is 2.18. The first-order valence-corrected chi connectivity index (χ1v) is 6.99. The minimum absolute atomic E-state index is 0.0153. The van der Waals surface area contributed by atoms with Crippen molar-refractivity contribution >= 4 is 16.1 Å². The highest BCUT2D eigenvalue weighted by atomic mass is 32.3. The minimum Gasteiger partial charge on any atom is -0.491 e. The predicted octanol–water partition coefficient (Wildman–Crippen LogP) is 0.872. The number of hydrogen-bond acceptors (Lipinski definition) is 6. The van der Waals surface area contributed by atoms with Crippen LogP contribution < -0.4 is 10.5 Å². The number of ether oxygens (including phenoxy) is 2. The molecule has 0 amide bonds. The summed E-state index contributed by atoms with van der Waals surface area (Å²) in [5, 5.41) is 0. The van der Waals surface area contributed by atoms with Gasteiger partial charge in [0.05, 0.1) is 6.61 Å². The Morgan fingerprint density at radius 1 is 1.37 bits per heavy atom. The first-order chi connectivity index (χ1) is 8.90. The van der Waals surface area contributed by atoms with Gasteiger partial charge in [-0.2, -0.15) is 8.42 Å². The molecule has 1 atom stereocenters. The minimum atomic E-state index is -4.55. The fourth-order valence-electron chi connectivity index (χ4n) is 1.32. The number of benzene rings is 1. The number of nitrogen functional groups attached to an aromatic ring is 1. The van der Waals surface area contributed by atoms with E-state index >= 15 is 0 Å². The van der Waals surface area contributed by atoms with Crippen LogP contribution in [0.4, 0.5) is 5.69 Å². The number of anilines is 1. The molecule has 0 aliphatic carbocycles. The van der Waals surface area contributed by atoms with Crippen LogP contribution in [0.25, 0.3) is 0 Å². The van der Waals surface area contributed by atoms with E-state index in [0.717, 1.165) is 0 Å². The molecule has 1 rings (SSSR count). The molecule has 19 heavy (non-hydrogen) atoms. The molecule has 8 heteroatoms. The summed E-state index contributed by atoms with van der Waals surface area (Å²) < 4.78 is 44.8. The summed E-state index contributed by atoms with van der Waals surface area (Å²) in [4.78, 5) is 0. The second-order valence-electron chi connectivity index (χ2n) is 3.69. The third-order valence-corrected chi connectivity index (χ3v) is 2.57. The Balaban J connectivity index is 2.57. The van der Waals surface area contributed by atoms with Crippen molar-refractivity contribution in [3.63, 3.8) is 0 Å². The Labute approximate surface area is 112 Å². The normalized spacial score (nSPS) is 13.2. The molecule has 0 spiro atoms. The average molecular weight is 291 g/mol. The Kier molecular flexibility index (Phi) is 6.03. The summed E-state index contributed by atoms with van der Waals surface area (Å²) >= 11 is 0. The van der Waals surface area contributed by atoms with Crippen LogP contribution in [-0.4, -0.2) is 38.9 Å². The lowest BCUT2D eigenvalue weighted by Crippen LogP contribution is -2.29. The quantitative estimate of drug-likeness (QED) is 0.540. The van der Waals surface area contributed by atoms with Crippen molar-refractivity contribution in [3.8, 4) is 5.75 Å². The first kappa shape index (κ1) is 15.7. The number of hydrogen-bond donors (Lipinski definition) is 2. The molecule has 0 fully saturated rings. The van der Waals surface area contributed by atoms with E-state index in [2.05, 4.69) is 4.18 Å². The molecule has 1 aromatic carbocycles. The van der Waals surface area contributed by atoms with Gasteiger partial charge in [-0.1, -0.05) is 6.07 Å². The van der Waals surface area contributed by atoms with Crippen molar-refractivity contribution < 1.29 is 26.6 Å². The fraction of sp³-hybridized carbons (Fsp3) is 0.455. The Morgan fingerprint density at radius 3 is 2.68 bits per heavy atom. The van der Waals surface area contributed by atoms with E-state index in [1.807, 2.05) is 0 Å². The van der Waals surface area contributed by atoms with Gasteiger partial charge in [0.25, 0.3) is 0 Å². The molecule has 0 saturated carbocycles. The summed E-state index contributed by atoms with van der Waals surface area (Å²) in [6, 6.07) is 6.65. The van der Waals surface area contributed by atoms with Crippen molar-refractivity contribution in [2.45, 2.75) is 13.0 Å². The van der Waals surface area contributed by atoms with Crippen LogP contribution in [0, 0.1) is 0 Å². The van der Waals surface area contributed by atoms with Gasteiger partial charge in [0.1, 0.15) is 18.5 Å². The molecule has 0 bridgehead atoms. The van der Waals surface area contributed by atoms with Crippen molar-refractivity contribution in [1.82, 2.24) is 0 Å². The zero-order valence-electron chi connectivity index (χ0n) is 10.5. The molecule has 3 N–H and O–H groups in total. The van der Waals surface area contributed by atoms with Crippen molar-refractivity contribution in [3.05, 3.63) is 24.3 Å². The molecule has 0 aliphatic heterocycles. The fourth-order valence-corrected chi connectivity index (χ4v) is 1.77. The van der Waals surface area contributed by atoms with Crippen molar-refractivity contribution in [2.24, 2.45) is 0 Å². The molecule has 0 aliphatic rings. The van der Waals surface area contributed by atoms with Gasteiger partial charge in [0, 0.05) is 18.4 Å². The molecule has 0 aromatic heterocycles. The Bertz CT molecular complexity index is 490. The Morgan fingerprint density at radius 2 is 2.11 bits per heavy atom. The maximum Gasteiger partial charge on any atom is 0.397 e. The van der Waals surface area contributed by atoms with Crippen LogP contribution in [0.1, 0.15) is 6.92 Å². The highest BCUT2D eigenvalue weighted by molar-refractivity contribution is 7.80. The zero-order valence-corrected chi connectivity index (χ0v) is 11.3. The molecule has 1 aromatic rings. The standard InChI is InChI=1S/C11H17NO6S/c1-2-16-7-11(18-19(13,14)15)8-17-10-5-3-4-9(12)6-10/h3-6,11H,2,7-8,12H2,1H3,(H,13,14,15). The summed E-state index contributed by atoms with van der Waals surface area (Å²) in [6.07, 6.45) is -0.934. The molecule has 0 heterocycles. The van der Waals surface area contributed by atoms with E-state index in [9.17, 15) is 8.42 Å². The first-order valence-electron chi connectivity index (χ1n) is 5.62. The van der Waals surface area contributed by atoms with E-state index in [-0.39, 0.29) is 13.2 Å². The second kappa shape index (κ2) is 7.29. The predicted molar refractivity (Wildman–Crippen MR) is 69.3 cm³/mol. The molecular weight excluding hydrogens is 274 g/mol. The van der Waals surface area contributed by atoms with Crippen LogP contribution in [0.2, 0.25) is 0 Å². The van der Waals surface area contributed by atoms with Crippen LogP contribution in [0.3, 0.4) is 0 Å². The van der Waals surface area contributed by atoms with Gasteiger partial charge < -0.3 is 15.2 Å². The lowest BCUT2D eigenvalue weighted by atomic mass is 10.3. The van der Waals surface area contributed by atoms with Crippen molar-refractivity contribution in [2.75, 3.05) is 25.6 Å². The molecular formula is C11H17NO6S. The summed E-state index contributed by atoms with van der Waals surface area (Å²) in [6.45, 7) is 2.04. The Hall–Kier alpha value is -1.35. The topological polar surface area (TPSA) is 108 Å². The van der Waals surface area contributed by atoms with Crippen LogP contribution in [0.5, 0.6) is 5.75 Å². The molecule has 0 radical (unpaired) electrons. The maximum atomic E-state index is 10.7. The molecule has 7 nitrogen and oxygen atoms in total. The lowest BCUT2D eigenvalue weighted by molar-refractivity contribution is 0.0280. The molecule has 1 unspecified atom stereocenters. The zero-order chi connectivity index (χ0) is 14.3. The van der Waals surface area contributed by atoms with Gasteiger partial charge in [0.15, 0.2) is 0 Å². The van der Waals surface area contributed by atoms with Crippen molar-refractivity contribution in [1.29, 1.82) is 0 Å². The van der Waals surface area contributed by atoms with Gasteiger partial charge >= 0.3 is 10.4 Å². The smallest absolute Gasteiger partial charge is 0.397 e. The van der Waals surface area contributed by atoms with Gasteiger partial charge in [0.2, 0.25) is 0 Å². The summed E-state index contributed by atoms with van der Waals surface area (Å²) in [5.74, 6) is 0.473. The van der Waals surface area contributed by atoms with E-state index in [1.165, 1.54) is 0 Å². The number of rotatable bonds is 8. The molecule has 108 valence electrons. The summed E-state index contributed by atoms with van der Waals surface area (Å²) in [7, 11) is -4.55. The third-order valence-electron chi connectivity index (χ3n) is 2.06. The van der Waals surface area contributed by atoms with Crippen LogP contribution in [-0.2, 0) is 19.3 Å². The van der Waals surface area contributed by atoms with Crippen LogP contribution in [0.15, 0.2) is 24.3 Å². The third kappa shape index (κ3) is 6.97.